The van der Waals surface area contributed by atoms with Crippen molar-refractivity contribution in [2.45, 2.75) is 25.8 Å². The van der Waals surface area contributed by atoms with Gasteiger partial charge < -0.3 is 15.5 Å². The highest BCUT2D eigenvalue weighted by Gasteiger charge is 2.18. The van der Waals surface area contributed by atoms with E-state index in [4.69, 9.17) is 6.42 Å². The summed E-state index contributed by atoms with van der Waals surface area (Å²) >= 11 is 0. The van der Waals surface area contributed by atoms with Crippen molar-refractivity contribution >= 4 is 5.91 Å². The number of rotatable bonds is 4. The van der Waals surface area contributed by atoms with E-state index >= 15 is 0 Å². The number of carbonyl (C=O) groups is 1. The number of terminal acetylenes is 1. The van der Waals surface area contributed by atoms with E-state index in [0.717, 1.165) is 0 Å². The van der Waals surface area contributed by atoms with Crippen molar-refractivity contribution in [1.82, 2.24) is 5.32 Å². The zero-order valence-electron chi connectivity index (χ0n) is 9.60. The third-order valence-corrected chi connectivity index (χ3v) is 2.44. The van der Waals surface area contributed by atoms with Gasteiger partial charge in [-0.15, -0.1) is 12.3 Å². The molecule has 0 fully saturated rings. The van der Waals surface area contributed by atoms with Gasteiger partial charge in [0.15, 0.2) is 0 Å². The van der Waals surface area contributed by atoms with Crippen molar-refractivity contribution < 1.29 is 15.0 Å². The number of carbonyl (C=O) groups excluding carboxylic acids is 1. The predicted molar refractivity (Wildman–Crippen MR) is 64.8 cm³/mol. The van der Waals surface area contributed by atoms with E-state index in [0.29, 0.717) is 12.8 Å². The van der Waals surface area contributed by atoms with E-state index in [1.807, 2.05) is 6.92 Å². The van der Waals surface area contributed by atoms with E-state index in [2.05, 4.69) is 11.2 Å². The van der Waals surface area contributed by atoms with Crippen LogP contribution in [0.3, 0.4) is 0 Å². The van der Waals surface area contributed by atoms with Crippen LogP contribution in [0.1, 0.15) is 30.1 Å². The van der Waals surface area contributed by atoms with Crippen molar-refractivity contribution in [2.24, 2.45) is 0 Å². The first kappa shape index (κ1) is 12.9. The second-order valence-corrected chi connectivity index (χ2v) is 3.66. The summed E-state index contributed by atoms with van der Waals surface area (Å²) in [5.74, 6) is 1.44. The number of phenols is 2. The van der Waals surface area contributed by atoms with Gasteiger partial charge >= 0.3 is 0 Å². The number of phenolic OH excluding ortho intramolecular Hbond substituents is 2. The Hall–Kier alpha value is -2.15. The zero-order chi connectivity index (χ0) is 12.8. The molecule has 1 rings (SSSR count). The predicted octanol–water partition coefficient (Wildman–Crippen LogP) is 1.63. The normalized spacial score (nSPS) is 11.5. The number of hydrogen-bond donors (Lipinski definition) is 3. The molecule has 17 heavy (non-hydrogen) atoms. The Bertz CT molecular complexity index is 428. The van der Waals surface area contributed by atoms with Gasteiger partial charge in [0.2, 0.25) is 0 Å². The van der Waals surface area contributed by atoms with E-state index in [1.165, 1.54) is 18.2 Å². The molecule has 0 bridgehead atoms. The van der Waals surface area contributed by atoms with Crippen LogP contribution in [0.15, 0.2) is 18.2 Å². The summed E-state index contributed by atoms with van der Waals surface area (Å²) in [6.07, 6.45) is 6.28. The third-order valence-electron chi connectivity index (χ3n) is 2.44. The Morgan fingerprint density at radius 3 is 2.53 bits per heavy atom. The fourth-order valence-corrected chi connectivity index (χ4v) is 1.46. The number of aromatic hydroxyl groups is 2. The Balaban J connectivity index is 2.87. The average Bonchev–Trinajstić information content (AvgIpc) is 2.28. The lowest BCUT2D eigenvalue weighted by Crippen LogP contribution is -2.34. The zero-order valence-corrected chi connectivity index (χ0v) is 9.60. The SMILES string of the molecule is C#CCC(CC)NC(=O)c1c(O)cccc1O. The summed E-state index contributed by atoms with van der Waals surface area (Å²) in [5, 5.41) is 21.7. The first-order chi connectivity index (χ1) is 8.10. The summed E-state index contributed by atoms with van der Waals surface area (Å²) in [6, 6.07) is 3.99. The maximum absolute atomic E-state index is 11.8. The molecular weight excluding hydrogens is 218 g/mol. The lowest BCUT2D eigenvalue weighted by atomic mass is 10.1. The maximum atomic E-state index is 11.8. The first-order valence-corrected chi connectivity index (χ1v) is 5.35. The van der Waals surface area contributed by atoms with Gasteiger partial charge in [-0.05, 0) is 18.6 Å². The van der Waals surface area contributed by atoms with Crippen LogP contribution in [-0.2, 0) is 0 Å². The largest absolute Gasteiger partial charge is 0.507 e. The van der Waals surface area contributed by atoms with Gasteiger partial charge in [-0.3, -0.25) is 4.79 Å². The van der Waals surface area contributed by atoms with Crippen LogP contribution >= 0.6 is 0 Å². The molecule has 4 nitrogen and oxygen atoms in total. The number of benzene rings is 1. The minimum Gasteiger partial charge on any atom is -0.507 e. The molecule has 0 spiro atoms. The minimum absolute atomic E-state index is 0.122. The molecule has 0 aliphatic rings. The van der Waals surface area contributed by atoms with E-state index < -0.39 is 5.91 Å². The number of nitrogens with one attached hydrogen (secondary N) is 1. The highest BCUT2D eigenvalue weighted by atomic mass is 16.3. The smallest absolute Gasteiger partial charge is 0.259 e. The van der Waals surface area contributed by atoms with E-state index in [-0.39, 0.29) is 23.1 Å². The summed E-state index contributed by atoms with van der Waals surface area (Å²) in [4.78, 5) is 11.8. The molecule has 0 aromatic heterocycles. The van der Waals surface area contributed by atoms with Gasteiger partial charge in [0.1, 0.15) is 17.1 Å². The van der Waals surface area contributed by atoms with Gasteiger partial charge in [-0.2, -0.15) is 0 Å². The van der Waals surface area contributed by atoms with Gasteiger partial charge in [-0.25, -0.2) is 0 Å². The van der Waals surface area contributed by atoms with Gasteiger partial charge in [-0.1, -0.05) is 13.0 Å². The van der Waals surface area contributed by atoms with Crippen LogP contribution in [0.5, 0.6) is 11.5 Å². The van der Waals surface area contributed by atoms with Crippen LogP contribution in [-0.4, -0.2) is 22.2 Å². The second-order valence-electron chi connectivity index (χ2n) is 3.66. The van der Waals surface area contributed by atoms with Gasteiger partial charge in [0, 0.05) is 12.5 Å². The Morgan fingerprint density at radius 1 is 1.47 bits per heavy atom. The lowest BCUT2D eigenvalue weighted by Gasteiger charge is -2.15. The topological polar surface area (TPSA) is 69.6 Å². The van der Waals surface area contributed by atoms with Crippen molar-refractivity contribution in [3.05, 3.63) is 23.8 Å². The van der Waals surface area contributed by atoms with E-state index in [9.17, 15) is 15.0 Å². The minimum atomic E-state index is -0.525. The molecule has 0 saturated heterocycles. The molecule has 0 radical (unpaired) electrons. The van der Waals surface area contributed by atoms with Crippen molar-refractivity contribution in [2.75, 3.05) is 0 Å². The molecule has 0 saturated carbocycles. The van der Waals surface area contributed by atoms with Crippen LogP contribution in [0, 0.1) is 12.3 Å². The first-order valence-electron chi connectivity index (χ1n) is 5.35. The third kappa shape index (κ3) is 3.15. The molecule has 0 aliphatic heterocycles. The summed E-state index contributed by atoms with van der Waals surface area (Å²) in [7, 11) is 0. The molecule has 1 aromatic rings. The van der Waals surface area contributed by atoms with Gasteiger partial charge in [0.05, 0.1) is 0 Å². The van der Waals surface area contributed by atoms with Crippen LogP contribution in [0.2, 0.25) is 0 Å². The molecule has 3 N–H and O–H groups in total. The highest BCUT2D eigenvalue weighted by molar-refractivity contribution is 5.99. The molecule has 1 unspecified atom stereocenters. The Morgan fingerprint density at radius 2 is 2.06 bits per heavy atom. The number of hydrogen-bond acceptors (Lipinski definition) is 3. The van der Waals surface area contributed by atoms with Gasteiger partial charge in [0.25, 0.3) is 5.91 Å². The molecule has 1 atom stereocenters. The molecule has 1 amide bonds. The molecule has 0 heterocycles. The quantitative estimate of drug-likeness (QED) is 0.692. The molecule has 1 aromatic carbocycles. The fourth-order valence-electron chi connectivity index (χ4n) is 1.46. The lowest BCUT2D eigenvalue weighted by molar-refractivity contribution is 0.0931. The summed E-state index contributed by atoms with van der Waals surface area (Å²) in [5.41, 5.74) is -0.122. The van der Waals surface area contributed by atoms with Crippen LogP contribution in [0.4, 0.5) is 0 Å². The number of amides is 1. The molecular formula is C13H15NO3. The second kappa shape index (κ2) is 5.80. The van der Waals surface area contributed by atoms with Crippen LogP contribution in [0.25, 0.3) is 0 Å². The Labute approximate surface area is 100 Å². The van der Waals surface area contributed by atoms with Crippen molar-refractivity contribution in [3.8, 4) is 23.8 Å². The summed E-state index contributed by atoms with van der Waals surface area (Å²) in [6.45, 7) is 1.90. The summed E-state index contributed by atoms with van der Waals surface area (Å²) < 4.78 is 0. The standard InChI is InChI=1S/C13H15NO3/c1-3-6-9(4-2)14-13(17)12-10(15)7-5-8-11(12)16/h1,5,7-9,15-16H,4,6H2,2H3,(H,14,17). The monoisotopic (exact) mass is 233 g/mol. The van der Waals surface area contributed by atoms with Crippen LogP contribution < -0.4 is 5.32 Å². The molecule has 90 valence electrons. The van der Waals surface area contributed by atoms with E-state index in [1.54, 1.807) is 0 Å². The van der Waals surface area contributed by atoms with Crippen molar-refractivity contribution in [1.29, 1.82) is 0 Å². The average molecular weight is 233 g/mol. The highest BCUT2D eigenvalue weighted by Crippen LogP contribution is 2.26. The van der Waals surface area contributed by atoms with Crippen molar-refractivity contribution in [3.63, 3.8) is 0 Å². The molecule has 0 aliphatic carbocycles. The molecule has 4 heteroatoms. The Kier molecular flexibility index (Phi) is 4.41. The maximum Gasteiger partial charge on any atom is 0.259 e. The fraction of sp³-hybridized carbons (Fsp3) is 0.308.